The van der Waals surface area contributed by atoms with Crippen LogP contribution in [0.15, 0.2) is 12.1 Å². The molecular formula is C19H23ClN2O2. The van der Waals surface area contributed by atoms with Crippen molar-refractivity contribution < 1.29 is 9.53 Å². The Bertz CT molecular complexity index is 709. The van der Waals surface area contributed by atoms with Gasteiger partial charge in [-0.2, -0.15) is 5.26 Å². The van der Waals surface area contributed by atoms with E-state index in [4.69, 9.17) is 16.3 Å². The quantitative estimate of drug-likeness (QED) is 0.721. The van der Waals surface area contributed by atoms with Crippen molar-refractivity contribution in [2.75, 3.05) is 11.4 Å². The molecule has 0 saturated heterocycles. The predicted molar refractivity (Wildman–Crippen MR) is 94.5 cm³/mol. The molecule has 0 bridgehead atoms. The number of carbonyl (C=O) groups is 1. The number of nitriles is 1. The fraction of sp³-hybridized carbons (Fsp3) is 0.579. The lowest BCUT2D eigenvalue weighted by atomic mass is 9.80. The van der Waals surface area contributed by atoms with E-state index < -0.39 is 5.60 Å². The summed E-state index contributed by atoms with van der Waals surface area (Å²) >= 11 is 6.32. The molecule has 1 aliphatic carbocycles. The first-order valence-corrected chi connectivity index (χ1v) is 8.84. The molecule has 1 spiro atoms. The lowest BCUT2D eigenvalue weighted by molar-refractivity contribution is 0.0578. The van der Waals surface area contributed by atoms with E-state index in [0.29, 0.717) is 11.6 Å². The highest BCUT2D eigenvalue weighted by molar-refractivity contribution is 6.31. The van der Waals surface area contributed by atoms with Gasteiger partial charge < -0.3 is 4.74 Å². The highest BCUT2D eigenvalue weighted by Gasteiger charge is 2.48. The first-order valence-electron chi connectivity index (χ1n) is 8.46. The number of nitrogens with zero attached hydrogens (tertiary/aromatic N) is 2. The second-order valence-corrected chi connectivity index (χ2v) is 8.29. The van der Waals surface area contributed by atoms with Crippen molar-refractivity contribution in [3.05, 3.63) is 28.3 Å². The SMILES string of the molecule is CC(C)(C)OC(=O)N1CC2(CCCC2)c2cc(Cl)cc(CC#N)c21. The van der Waals surface area contributed by atoms with Crippen LogP contribution in [0.4, 0.5) is 10.5 Å². The van der Waals surface area contributed by atoms with E-state index in [2.05, 4.69) is 6.07 Å². The minimum Gasteiger partial charge on any atom is -0.443 e. The fourth-order valence-electron chi connectivity index (χ4n) is 4.02. The third kappa shape index (κ3) is 2.98. The lowest BCUT2D eigenvalue weighted by Crippen LogP contribution is -2.39. The van der Waals surface area contributed by atoms with E-state index in [1.54, 1.807) is 11.0 Å². The molecule has 1 fully saturated rings. The summed E-state index contributed by atoms with van der Waals surface area (Å²) in [7, 11) is 0. The number of anilines is 1. The topological polar surface area (TPSA) is 53.3 Å². The average molecular weight is 347 g/mol. The van der Waals surface area contributed by atoms with E-state index in [9.17, 15) is 10.1 Å². The maximum Gasteiger partial charge on any atom is 0.414 e. The number of hydrogen-bond acceptors (Lipinski definition) is 3. The first kappa shape index (κ1) is 17.1. The summed E-state index contributed by atoms with van der Waals surface area (Å²) in [6.45, 7) is 6.22. The van der Waals surface area contributed by atoms with Gasteiger partial charge in [0, 0.05) is 17.0 Å². The number of benzene rings is 1. The van der Waals surface area contributed by atoms with Gasteiger partial charge in [-0.3, -0.25) is 4.90 Å². The maximum absolute atomic E-state index is 12.8. The van der Waals surface area contributed by atoms with Gasteiger partial charge in [0.2, 0.25) is 0 Å². The largest absolute Gasteiger partial charge is 0.443 e. The van der Waals surface area contributed by atoms with Gasteiger partial charge >= 0.3 is 6.09 Å². The Morgan fingerprint density at radius 2 is 2.04 bits per heavy atom. The van der Waals surface area contributed by atoms with Gasteiger partial charge in [-0.05, 0) is 56.9 Å². The molecule has 5 heteroatoms. The molecule has 1 aliphatic heterocycles. The van der Waals surface area contributed by atoms with Gasteiger partial charge in [0.05, 0.1) is 18.2 Å². The van der Waals surface area contributed by atoms with Crippen LogP contribution >= 0.6 is 11.6 Å². The van der Waals surface area contributed by atoms with Crippen LogP contribution in [0.5, 0.6) is 0 Å². The minimum absolute atomic E-state index is 0.0403. The van der Waals surface area contributed by atoms with Gasteiger partial charge in [-0.15, -0.1) is 0 Å². The van der Waals surface area contributed by atoms with E-state index in [-0.39, 0.29) is 17.9 Å². The normalized spacial score (nSPS) is 18.5. The standard InChI is InChI=1S/C19H23ClN2O2/c1-18(2,3)24-17(23)22-12-19(7-4-5-8-19)15-11-14(20)10-13(6-9-21)16(15)22/h10-11H,4-8,12H2,1-3H3. The summed E-state index contributed by atoms with van der Waals surface area (Å²) in [5.74, 6) is 0. The zero-order valence-corrected chi connectivity index (χ0v) is 15.2. The van der Waals surface area contributed by atoms with Gasteiger partial charge in [0.15, 0.2) is 0 Å². The molecule has 128 valence electrons. The summed E-state index contributed by atoms with van der Waals surface area (Å²) in [6, 6.07) is 5.97. The number of halogens is 1. The molecule has 0 atom stereocenters. The van der Waals surface area contributed by atoms with Gasteiger partial charge in [0.1, 0.15) is 5.60 Å². The number of fused-ring (bicyclic) bond motifs is 2. The lowest BCUT2D eigenvalue weighted by Gasteiger charge is -2.27. The Morgan fingerprint density at radius 3 is 2.62 bits per heavy atom. The van der Waals surface area contributed by atoms with E-state index >= 15 is 0 Å². The first-order chi connectivity index (χ1) is 11.3. The third-order valence-electron chi connectivity index (χ3n) is 4.90. The molecule has 2 aliphatic rings. The van der Waals surface area contributed by atoms with E-state index in [1.807, 2.05) is 26.8 Å². The molecule has 1 amide bonds. The minimum atomic E-state index is -0.551. The fourth-order valence-corrected chi connectivity index (χ4v) is 4.26. The van der Waals surface area contributed by atoms with Crippen LogP contribution in [0, 0.1) is 11.3 Å². The molecule has 0 aromatic heterocycles. The molecule has 1 aromatic rings. The van der Waals surface area contributed by atoms with Gasteiger partial charge in [0.25, 0.3) is 0 Å². The van der Waals surface area contributed by atoms with Crippen LogP contribution in [0.3, 0.4) is 0 Å². The zero-order valence-electron chi connectivity index (χ0n) is 14.5. The monoisotopic (exact) mass is 346 g/mol. The molecule has 24 heavy (non-hydrogen) atoms. The number of carbonyl (C=O) groups excluding carboxylic acids is 1. The Labute approximate surface area is 148 Å². The Kier molecular flexibility index (Phi) is 4.25. The summed E-state index contributed by atoms with van der Waals surface area (Å²) < 4.78 is 5.62. The van der Waals surface area contributed by atoms with Crippen LogP contribution in [-0.2, 0) is 16.6 Å². The Morgan fingerprint density at radius 1 is 1.38 bits per heavy atom. The highest BCUT2D eigenvalue weighted by atomic mass is 35.5. The van der Waals surface area contributed by atoms with Crippen molar-refractivity contribution in [1.29, 1.82) is 5.26 Å². The van der Waals surface area contributed by atoms with Crippen LogP contribution in [-0.4, -0.2) is 18.2 Å². The van der Waals surface area contributed by atoms with Crippen molar-refractivity contribution in [1.82, 2.24) is 0 Å². The van der Waals surface area contributed by atoms with Crippen molar-refractivity contribution >= 4 is 23.4 Å². The smallest absolute Gasteiger partial charge is 0.414 e. The van der Waals surface area contributed by atoms with Crippen molar-refractivity contribution in [3.63, 3.8) is 0 Å². The second-order valence-electron chi connectivity index (χ2n) is 7.85. The number of hydrogen-bond donors (Lipinski definition) is 0. The maximum atomic E-state index is 12.8. The van der Waals surface area contributed by atoms with Crippen LogP contribution in [0.2, 0.25) is 5.02 Å². The summed E-state index contributed by atoms with van der Waals surface area (Å²) in [4.78, 5) is 14.5. The van der Waals surface area contributed by atoms with Crippen molar-refractivity contribution in [2.24, 2.45) is 0 Å². The molecule has 0 N–H and O–H groups in total. The van der Waals surface area contributed by atoms with Crippen LogP contribution in [0.25, 0.3) is 0 Å². The van der Waals surface area contributed by atoms with Crippen LogP contribution < -0.4 is 4.90 Å². The van der Waals surface area contributed by atoms with Gasteiger partial charge in [-0.25, -0.2) is 4.79 Å². The summed E-state index contributed by atoms with van der Waals surface area (Å²) in [6.07, 6.45) is 4.30. The molecule has 1 heterocycles. The summed E-state index contributed by atoms with van der Waals surface area (Å²) in [5.41, 5.74) is 2.18. The molecule has 1 saturated carbocycles. The number of rotatable bonds is 1. The number of amides is 1. The van der Waals surface area contributed by atoms with Gasteiger partial charge in [-0.1, -0.05) is 24.4 Å². The Hall–Kier alpha value is -1.73. The molecule has 0 unspecified atom stereocenters. The second kappa shape index (κ2) is 5.97. The van der Waals surface area contributed by atoms with E-state index in [0.717, 1.165) is 42.5 Å². The highest BCUT2D eigenvalue weighted by Crippen LogP contribution is 2.52. The molecular weight excluding hydrogens is 324 g/mol. The number of ether oxygens (including phenoxy) is 1. The zero-order chi connectivity index (χ0) is 17.5. The summed E-state index contributed by atoms with van der Waals surface area (Å²) in [5, 5.41) is 9.82. The Balaban J connectivity index is 2.09. The molecule has 4 nitrogen and oxygen atoms in total. The predicted octanol–water partition coefficient (Wildman–Crippen LogP) is 4.97. The molecule has 3 rings (SSSR count). The van der Waals surface area contributed by atoms with Crippen molar-refractivity contribution in [2.45, 2.75) is 63.9 Å². The average Bonchev–Trinajstić information content (AvgIpc) is 3.05. The third-order valence-corrected chi connectivity index (χ3v) is 5.12. The molecule has 0 radical (unpaired) electrons. The molecule has 1 aromatic carbocycles. The van der Waals surface area contributed by atoms with Crippen LogP contribution in [0.1, 0.15) is 57.6 Å². The van der Waals surface area contributed by atoms with E-state index in [1.165, 1.54) is 0 Å². The van der Waals surface area contributed by atoms with Crippen molar-refractivity contribution in [3.8, 4) is 6.07 Å².